The molecule has 3 heteroatoms. The zero-order valence-electron chi connectivity index (χ0n) is 6.31. The van der Waals surface area contributed by atoms with Gasteiger partial charge in [-0.1, -0.05) is 24.3 Å². The van der Waals surface area contributed by atoms with Crippen LogP contribution in [-0.2, 0) is 4.79 Å². The zero-order valence-corrected chi connectivity index (χ0v) is 6.31. The second-order valence-corrected chi connectivity index (χ2v) is 2.33. The Morgan fingerprint density at radius 1 is 1.25 bits per heavy atom. The maximum Gasteiger partial charge on any atom is 0.153 e. The Kier molecular flexibility index (Phi) is 2.71. The molecule has 1 aromatic carbocycles. The van der Waals surface area contributed by atoms with Crippen LogP contribution in [0.15, 0.2) is 24.3 Å². The first-order valence-corrected chi connectivity index (χ1v) is 3.47. The Morgan fingerprint density at radius 3 is 2.50 bits per heavy atom. The molecule has 1 unspecified atom stereocenters. The largest absolute Gasteiger partial charge is 0.381 e. The first-order valence-electron chi connectivity index (χ1n) is 3.47. The number of carbonyl (C=O) groups excluding carboxylic acids is 2. The molecular formula is C9H8O3. The first kappa shape index (κ1) is 8.62. The van der Waals surface area contributed by atoms with Crippen LogP contribution in [0.5, 0.6) is 0 Å². The second kappa shape index (κ2) is 3.78. The molecule has 1 rings (SSSR count). The van der Waals surface area contributed by atoms with E-state index in [1.807, 2.05) is 0 Å². The minimum absolute atomic E-state index is 0.345. The molecule has 12 heavy (non-hydrogen) atoms. The summed E-state index contributed by atoms with van der Waals surface area (Å²) in [5, 5.41) is 9.11. The minimum Gasteiger partial charge on any atom is -0.381 e. The van der Waals surface area contributed by atoms with Gasteiger partial charge in [0, 0.05) is 5.56 Å². The summed E-state index contributed by atoms with van der Waals surface area (Å²) in [5.74, 6) is 0. The molecular weight excluding hydrogens is 156 g/mol. The van der Waals surface area contributed by atoms with Gasteiger partial charge in [0.25, 0.3) is 0 Å². The highest BCUT2D eigenvalue weighted by Crippen LogP contribution is 2.13. The van der Waals surface area contributed by atoms with Gasteiger partial charge < -0.3 is 9.90 Å². The van der Waals surface area contributed by atoms with E-state index >= 15 is 0 Å². The molecule has 1 atom stereocenters. The van der Waals surface area contributed by atoms with Crippen molar-refractivity contribution in [2.45, 2.75) is 6.10 Å². The molecule has 0 aromatic heterocycles. The summed E-state index contributed by atoms with van der Waals surface area (Å²) in [5.41, 5.74) is 0.694. The number of aliphatic hydroxyl groups is 1. The molecule has 0 saturated carbocycles. The second-order valence-electron chi connectivity index (χ2n) is 2.33. The van der Waals surface area contributed by atoms with Crippen molar-refractivity contribution >= 4 is 12.6 Å². The van der Waals surface area contributed by atoms with Crippen LogP contribution in [0.25, 0.3) is 0 Å². The summed E-state index contributed by atoms with van der Waals surface area (Å²) in [4.78, 5) is 20.6. The molecule has 0 spiro atoms. The highest BCUT2D eigenvalue weighted by molar-refractivity contribution is 5.79. The number of benzene rings is 1. The maximum atomic E-state index is 10.4. The van der Waals surface area contributed by atoms with E-state index in [1.165, 1.54) is 0 Å². The molecule has 0 amide bonds. The van der Waals surface area contributed by atoms with E-state index in [9.17, 15) is 9.59 Å². The molecule has 1 N–H and O–H groups in total. The molecule has 1 aromatic rings. The summed E-state index contributed by atoms with van der Waals surface area (Å²) in [6, 6.07) is 6.43. The van der Waals surface area contributed by atoms with E-state index in [2.05, 4.69) is 0 Å². The lowest BCUT2D eigenvalue weighted by Crippen LogP contribution is -2.01. The first-order chi connectivity index (χ1) is 5.79. The average molecular weight is 164 g/mol. The Hall–Kier alpha value is -1.48. The van der Waals surface area contributed by atoms with Gasteiger partial charge in [-0.25, -0.2) is 0 Å². The molecule has 0 aliphatic rings. The van der Waals surface area contributed by atoms with Crippen LogP contribution in [0.4, 0.5) is 0 Å². The van der Waals surface area contributed by atoms with E-state index in [0.29, 0.717) is 23.7 Å². The number of hydrogen-bond acceptors (Lipinski definition) is 3. The van der Waals surface area contributed by atoms with Crippen LogP contribution in [0, 0.1) is 0 Å². The van der Waals surface area contributed by atoms with E-state index in [-0.39, 0.29) is 0 Å². The molecule has 0 heterocycles. The normalized spacial score (nSPS) is 12.1. The van der Waals surface area contributed by atoms with E-state index in [4.69, 9.17) is 5.11 Å². The fraction of sp³-hybridized carbons (Fsp3) is 0.111. The summed E-state index contributed by atoms with van der Waals surface area (Å²) < 4.78 is 0. The van der Waals surface area contributed by atoms with Gasteiger partial charge in [-0.2, -0.15) is 0 Å². The van der Waals surface area contributed by atoms with Gasteiger partial charge in [0.05, 0.1) is 0 Å². The quantitative estimate of drug-likeness (QED) is 0.670. The maximum absolute atomic E-state index is 10.4. The van der Waals surface area contributed by atoms with Crippen LogP contribution in [0.1, 0.15) is 22.0 Å². The molecule has 0 aliphatic heterocycles. The van der Waals surface area contributed by atoms with Crippen LogP contribution in [-0.4, -0.2) is 17.7 Å². The van der Waals surface area contributed by atoms with Crippen molar-refractivity contribution in [2.24, 2.45) is 0 Å². The standard InChI is InChI=1S/C9H8O3/c10-5-7-3-1-2-4-8(7)9(12)6-11/h1-6,9,12H. The third kappa shape index (κ3) is 1.57. The lowest BCUT2D eigenvalue weighted by Gasteiger charge is -2.04. The molecule has 0 radical (unpaired) electrons. The van der Waals surface area contributed by atoms with Crippen molar-refractivity contribution in [3.63, 3.8) is 0 Å². The average Bonchev–Trinajstić information content (AvgIpc) is 2.16. The smallest absolute Gasteiger partial charge is 0.153 e. The number of aldehydes is 2. The molecule has 62 valence electrons. The van der Waals surface area contributed by atoms with Crippen LogP contribution in [0.3, 0.4) is 0 Å². The van der Waals surface area contributed by atoms with Crippen LogP contribution < -0.4 is 0 Å². The van der Waals surface area contributed by atoms with Gasteiger partial charge in [0.15, 0.2) is 6.29 Å². The summed E-state index contributed by atoms with van der Waals surface area (Å²) >= 11 is 0. The van der Waals surface area contributed by atoms with Gasteiger partial charge in [0.2, 0.25) is 0 Å². The van der Waals surface area contributed by atoms with Crippen LogP contribution in [0.2, 0.25) is 0 Å². The van der Waals surface area contributed by atoms with Crippen molar-refractivity contribution in [1.29, 1.82) is 0 Å². The topological polar surface area (TPSA) is 54.4 Å². The third-order valence-electron chi connectivity index (χ3n) is 1.57. The van der Waals surface area contributed by atoms with E-state index in [0.717, 1.165) is 0 Å². The molecule has 0 bridgehead atoms. The van der Waals surface area contributed by atoms with E-state index < -0.39 is 6.10 Å². The van der Waals surface area contributed by atoms with Gasteiger partial charge in [-0.05, 0) is 5.56 Å². The van der Waals surface area contributed by atoms with Gasteiger partial charge in [0.1, 0.15) is 12.4 Å². The summed E-state index contributed by atoms with van der Waals surface area (Å²) in [6.07, 6.45) is -0.198. The summed E-state index contributed by atoms with van der Waals surface area (Å²) in [7, 11) is 0. The predicted octanol–water partition coefficient (Wildman–Crippen LogP) is 0.731. The fourth-order valence-electron chi connectivity index (χ4n) is 0.961. The number of rotatable bonds is 3. The fourth-order valence-corrected chi connectivity index (χ4v) is 0.961. The Bertz CT molecular complexity index is 294. The van der Waals surface area contributed by atoms with Crippen molar-refractivity contribution in [2.75, 3.05) is 0 Å². The summed E-state index contributed by atoms with van der Waals surface area (Å²) in [6.45, 7) is 0. The minimum atomic E-state index is -1.20. The SMILES string of the molecule is O=Cc1ccccc1C(O)C=O. The number of aliphatic hydroxyl groups excluding tert-OH is 1. The molecule has 0 fully saturated rings. The van der Waals surface area contributed by atoms with Crippen molar-refractivity contribution in [1.82, 2.24) is 0 Å². The predicted molar refractivity (Wildman–Crippen MR) is 42.9 cm³/mol. The third-order valence-corrected chi connectivity index (χ3v) is 1.57. The van der Waals surface area contributed by atoms with Gasteiger partial charge in [-0.3, -0.25) is 4.79 Å². The Morgan fingerprint density at radius 2 is 1.92 bits per heavy atom. The molecule has 0 aliphatic carbocycles. The van der Waals surface area contributed by atoms with Crippen LogP contribution >= 0.6 is 0 Å². The number of hydrogen-bond donors (Lipinski definition) is 1. The zero-order chi connectivity index (χ0) is 8.97. The van der Waals surface area contributed by atoms with Gasteiger partial charge in [-0.15, -0.1) is 0 Å². The Labute approximate surface area is 69.6 Å². The monoisotopic (exact) mass is 164 g/mol. The van der Waals surface area contributed by atoms with E-state index in [1.54, 1.807) is 24.3 Å². The van der Waals surface area contributed by atoms with Crippen molar-refractivity contribution < 1.29 is 14.7 Å². The molecule has 0 saturated heterocycles. The highest BCUT2D eigenvalue weighted by Gasteiger charge is 2.08. The van der Waals surface area contributed by atoms with Crippen molar-refractivity contribution in [3.05, 3.63) is 35.4 Å². The Balaban J connectivity index is 3.12. The lowest BCUT2D eigenvalue weighted by atomic mass is 10.0. The highest BCUT2D eigenvalue weighted by atomic mass is 16.3. The molecule has 3 nitrogen and oxygen atoms in total. The van der Waals surface area contributed by atoms with Crippen molar-refractivity contribution in [3.8, 4) is 0 Å². The van der Waals surface area contributed by atoms with Gasteiger partial charge >= 0.3 is 0 Å². The lowest BCUT2D eigenvalue weighted by molar-refractivity contribution is -0.115. The number of carbonyl (C=O) groups is 2.